The highest BCUT2D eigenvalue weighted by atomic mass is 35.5. The fourth-order valence-corrected chi connectivity index (χ4v) is 5.49. The van der Waals surface area contributed by atoms with Crippen LogP contribution in [0.4, 0.5) is 0 Å². The Morgan fingerprint density at radius 3 is 2.53 bits per heavy atom. The van der Waals surface area contributed by atoms with Gasteiger partial charge in [-0.15, -0.1) is 0 Å². The lowest BCUT2D eigenvalue weighted by atomic mass is 10.2. The van der Waals surface area contributed by atoms with E-state index in [1.807, 2.05) is 36.1 Å². The SMILES string of the molecule is Cc1cnc2c(S(=O)(=O)N3CCN(CC(=O)NCc4ccc(Cl)cc4)CC3)cccc2c1. The third kappa shape index (κ3) is 5.10. The van der Waals surface area contributed by atoms with Crippen LogP contribution in [0.15, 0.2) is 59.6 Å². The second-order valence-corrected chi connectivity index (χ2v) is 10.3. The molecule has 32 heavy (non-hydrogen) atoms. The van der Waals surface area contributed by atoms with Crippen LogP contribution >= 0.6 is 11.6 Å². The number of hydrogen-bond acceptors (Lipinski definition) is 5. The number of pyridine rings is 1. The van der Waals surface area contributed by atoms with Crippen molar-refractivity contribution in [1.82, 2.24) is 19.5 Å². The van der Waals surface area contributed by atoms with Crippen molar-refractivity contribution in [1.29, 1.82) is 0 Å². The van der Waals surface area contributed by atoms with Crippen LogP contribution in [0.5, 0.6) is 0 Å². The number of aromatic nitrogens is 1. The zero-order valence-corrected chi connectivity index (χ0v) is 19.4. The summed E-state index contributed by atoms with van der Waals surface area (Å²) < 4.78 is 28.0. The normalized spacial score (nSPS) is 15.7. The number of carbonyl (C=O) groups is 1. The summed E-state index contributed by atoms with van der Waals surface area (Å²) in [7, 11) is -3.67. The predicted octanol–water partition coefficient (Wildman–Crippen LogP) is 2.82. The summed E-state index contributed by atoms with van der Waals surface area (Å²) in [5.74, 6) is -0.0927. The van der Waals surface area contributed by atoms with Crippen LogP contribution in [0.2, 0.25) is 5.02 Å². The molecule has 0 saturated carbocycles. The fourth-order valence-electron chi connectivity index (χ4n) is 3.78. The van der Waals surface area contributed by atoms with Crippen molar-refractivity contribution in [2.75, 3.05) is 32.7 Å². The first-order chi connectivity index (χ1) is 15.3. The van der Waals surface area contributed by atoms with Gasteiger partial charge in [0.15, 0.2) is 0 Å². The van der Waals surface area contributed by atoms with Crippen molar-refractivity contribution in [3.63, 3.8) is 0 Å². The Balaban J connectivity index is 1.35. The molecule has 4 rings (SSSR count). The van der Waals surface area contributed by atoms with Gasteiger partial charge in [-0.25, -0.2) is 8.42 Å². The summed E-state index contributed by atoms with van der Waals surface area (Å²) in [5, 5.41) is 4.36. The average Bonchev–Trinajstić information content (AvgIpc) is 2.78. The largest absolute Gasteiger partial charge is 0.351 e. The number of halogens is 1. The van der Waals surface area contributed by atoms with E-state index in [-0.39, 0.29) is 17.3 Å². The fraction of sp³-hybridized carbons (Fsp3) is 0.304. The molecule has 1 aliphatic rings. The zero-order chi connectivity index (χ0) is 22.7. The first-order valence-corrected chi connectivity index (χ1v) is 12.2. The smallest absolute Gasteiger partial charge is 0.245 e. The van der Waals surface area contributed by atoms with E-state index in [4.69, 9.17) is 11.6 Å². The van der Waals surface area contributed by atoms with Crippen molar-refractivity contribution in [3.8, 4) is 0 Å². The van der Waals surface area contributed by atoms with Crippen LogP contribution in [-0.4, -0.2) is 61.2 Å². The molecule has 0 radical (unpaired) electrons. The second-order valence-electron chi connectivity index (χ2n) is 7.92. The number of carbonyl (C=O) groups excluding carboxylic acids is 1. The third-order valence-corrected chi connectivity index (χ3v) is 7.71. The summed E-state index contributed by atoms with van der Waals surface area (Å²) in [5.41, 5.74) is 2.44. The van der Waals surface area contributed by atoms with Crippen molar-refractivity contribution in [2.45, 2.75) is 18.4 Å². The zero-order valence-electron chi connectivity index (χ0n) is 17.8. The monoisotopic (exact) mass is 472 g/mol. The third-order valence-electron chi connectivity index (χ3n) is 5.53. The molecular weight excluding hydrogens is 448 g/mol. The van der Waals surface area contributed by atoms with Gasteiger partial charge in [0, 0.05) is 49.3 Å². The summed E-state index contributed by atoms with van der Waals surface area (Å²) in [6.45, 7) is 4.23. The molecule has 2 heterocycles. The molecule has 0 aliphatic carbocycles. The predicted molar refractivity (Wildman–Crippen MR) is 125 cm³/mol. The maximum atomic E-state index is 13.3. The van der Waals surface area contributed by atoms with Crippen molar-refractivity contribution >= 4 is 38.4 Å². The summed E-state index contributed by atoms with van der Waals surface area (Å²) in [6.07, 6.45) is 1.68. The second kappa shape index (κ2) is 9.54. The Kier molecular flexibility index (Phi) is 6.76. The van der Waals surface area contributed by atoms with E-state index in [1.165, 1.54) is 4.31 Å². The summed E-state index contributed by atoms with van der Waals surface area (Å²) >= 11 is 5.88. The molecule has 1 N–H and O–H groups in total. The molecule has 1 saturated heterocycles. The number of fused-ring (bicyclic) bond motifs is 1. The van der Waals surface area contributed by atoms with Crippen LogP contribution in [0.25, 0.3) is 10.9 Å². The number of benzene rings is 2. The average molecular weight is 473 g/mol. The number of aryl methyl sites for hydroxylation is 1. The van der Waals surface area contributed by atoms with Crippen LogP contribution in [0.3, 0.4) is 0 Å². The standard InChI is InChI=1S/C23H25ClN4O3S/c1-17-13-19-3-2-4-21(23(19)26-14-17)32(30,31)28-11-9-27(10-12-28)16-22(29)25-15-18-5-7-20(24)8-6-18/h2-8,13-14H,9-12,15-16H2,1H3,(H,25,29). The Morgan fingerprint density at radius 2 is 1.81 bits per heavy atom. The molecule has 9 heteroatoms. The van der Waals surface area contributed by atoms with Crippen LogP contribution in [0, 0.1) is 6.92 Å². The van der Waals surface area contributed by atoms with Crippen molar-refractivity contribution in [2.24, 2.45) is 0 Å². The van der Waals surface area contributed by atoms with Gasteiger partial charge in [0.1, 0.15) is 4.90 Å². The maximum Gasteiger partial charge on any atom is 0.245 e. The van der Waals surface area contributed by atoms with Crippen molar-refractivity contribution in [3.05, 3.63) is 70.9 Å². The van der Waals surface area contributed by atoms with Gasteiger partial charge < -0.3 is 5.32 Å². The minimum absolute atomic E-state index is 0.0927. The number of hydrogen-bond donors (Lipinski definition) is 1. The van der Waals surface area contributed by atoms with E-state index < -0.39 is 10.0 Å². The lowest BCUT2D eigenvalue weighted by Crippen LogP contribution is -2.51. The maximum absolute atomic E-state index is 13.3. The molecule has 0 bridgehead atoms. The number of para-hydroxylation sites is 1. The molecule has 0 unspecified atom stereocenters. The topological polar surface area (TPSA) is 82.6 Å². The number of rotatable bonds is 6. The van der Waals surface area contributed by atoms with Crippen LogP contribution < -0.4 is 5.32 Å². The molecule has 1 aliphatic heterocycles. The molecule has 2 aromatic carbocycles. The number of piperazine rings is 1. The van der Waals surface area contributed by atoms with Gasteiger partial charge in [-0.3, -0.25) is 14.7 Å². The van der Waals surface area contributed by atoms with E-state index in [0.29, 0.717) is 43.3 Å². The van der Waals surface area contributed by atoms with Gasteiger partial charge >= 0.3 is 0 Å². The number of amides is 1. The van der Waals surface area contributed by atoms with Gasteiger partial charge in [0.05, 0.1) is 12.1 Å². The highest BCUT2D eigenvalue weighted by Crippen LogP contribution is 2.25. The van der Waals surface area contributed by atoms with Gasteiger partial charge in [0.25, 0.3) is 0 Å². The lowest BCUT2D eigenvalue weighted by Gasteiger charge is -2.33. The Morgan fingerprint density at radius 1 is 1.09 bits per heavy atom. The van der Waals surface area contributed by atoms with Gasteiger partial charge in [0.2, 0.25) is 15.9 Å². The quantitative estimate of drug-likeness (QED) is 0.596. The van der Waals surface area contributed by atoms with Crippen LogP contribution in [0.1, 0.15) is 11.1 Å². The first kappa shape index (κ1) is 22.7. The number of nitrogens with zero attached hydrogens (tertiary/aromatic N) is 3. The van der Waals surface area contributed by atoms with Gasteiger partial charge in [-0.05, 0) is 42.3 Å². The molecule has 1 aromatic heterocycles. The molecule has 1 amide bonds. The Hall–Kier alpha value is -2.52. The number of nitrogens with one attached hydrogen (secondary N) is 1. The van der Waals surface area contributed by atoms with Gasteiger partial charge in [-0.1, -0.05) is 35.9 Å². The highest BCUT2D eigenvalue weighted by molar-refractivity contribution is 7.89. The molecule has 0 spiro atoms. The molecule has 3 aromatic rings. The van der Waals surface area contributed by atoms with E-state index >= 15 is 0 Å². The van der Waals surface area contributed by atoms with E-state index in [9.17, 15) is 13.2 Å². The van der Waals surface area contributed by atoms with Crippen LogP contribution in [-0.2, 0) is 21.4 Å². The molecular formula is C23H25ClN4O3S. The van der Waals surface area contributed by atoms with Crippen molar-refractivity contribution < 1.29 is 13.2 Å². The van der Waals surface area contributed by atoms with E-state index in [1.54, 1.807) is 30.5 Å². The molecule has 7 nitrogen and oxygen atoms in total. The minimum Gasteiger partial charge on any atom is -0.351 e. The molecule has 1 fully saturated rings. The Labute approximate surface area is 193 Å². The number of sulfonamides is 1. The minimum atomic E-state index is -3.67. The highest BCUT2D eigenvalue weighted by Gasteiger charge is 2.30. The molecule has 0 atom stereocenters. The summed E-state index contributed by atoms with van der Waals surface area (Å²) in [6, 6.07) is 14.5. The van der Waals surface area contributed by atoms with E-state index in [0.717, 1.165) is 16.5 Å². The lowest BCUT2D eigenvalue weighted by molar-refractivity contribution is -0.122. The van der Waals surface area contributed by atoms with Gasteiger partial charge in [-0.2, -0.15) is 4.31 Å². The van der Waals surface area contributed by atoms with E-state index in [2.05, 4.69) is 10.3 Å². The first-order valence-electron chi connectivity index (χ1n) is 10.4. The summed E-state index contributed by atoms with van der Waals surface area (Å²) in [4.78, 5) is 18.9. The molecule has 168 valence electrons. The Bertz CT molecular complexity index is 1220.